The largest absolute Gasteiger partial charge is 0.771 e. The summed E-state index contributed by atoms with van der Waals surface area (Å²) in [4.78, 5) is 2.79. The Morgan fingerprint density at radius 1 is 1.55 bits per heavy atom. The third-order valence-electron chi connectivity index (χ3n) is 2.07. The first-order valence-electron chi connectivity index (χ1n) is 3.49. The van der Waals surface area contributed by atoms with Crippen molar-refractivity contribution in [1.29, 1.82) is 0 Å². The SMILES string of the molecule is [N-]=[N+]=CC1(S(=O)[O-])CCCC1. The summed E-state index contributed by atoms with van der Waals surface area (Å²) in [6.07, 6.45) is 4.06. The zero-order valence-corrected chi connectivity index (χ0v) is 6.84. The summed E-state index contributed by atoms with van der Waals surface area (Å²) in [5, 5.41) is 0. The standard InChI is InChI=1S/C6H10N2O2S/c7-8-5-6(11(9)10)3-1-2-4-6/h5H,1-4H2,(H,9,10)/p-1. The van der Waals surface area contributed by atoms with Crippen LogP contribution in [0.5, 0.6) is 0 Å². The first kappa shape index (κ1) is 8.59. The minimum absolute atomic E-state index is 0.577. The van der Waals surface area contributed by atoms with E-state index >= 15 is 0 Å². The van der Waals surface area contributed by atoms with Crippen LogP contribution in [-0.4, -0.2) is 24.5 Å². The van der Waals surface area contributed by atoms with E-state index in [0.29, 0.717) is 12.8 Å². The van der Waals surface area contributed by atoms with Gasteiger partial charge in [-0.1, -0.05) is 12.8 Å². The van der Waals surface area contributed by atoms with E-state index in [-0.39, 0.29) is 0 Å². The van der Waals surface area contributed by atoms with Crippen molar-refractivity contribution in [3.8, 4) is 0 Å². The first-order valence-corrected chi connectivity index (χ1v) is 4.57. The molecular weight excluding hydrogens is 164 g/mol. The van der Waals surface area contributed by atoms with Crippen molar-refractivity contribution in [2.24, 2.45) is 0 Å². The molecule has 0 bridgehead atoms. The molecule has 0 aromatic rings. The van der Waals surface area contributed by atoms with Gasteiger partial charge in [0.15, 0.2) is 0 Å². The van der Waals surface area contributed by atoms with Gasteiger partial charge in [-0.25, -0.2) is 0 Å². The third kappa shape index (κ3) is 1.56. The van der Waals surface area contributed by atoms with Crippen LogP contribution >= 0.6 is 0 Å². The summed E-state index contributed by atoms with van der Waals surface area (Å²) < 4.78 is 20.5. The van der Waals surface area contributed by atoms with Crippen LogP contribution in [0, 0.1) is 0 Å². The summed E-state index contributed by atoms with van der Waals surface area (Å²) in [5.74, 6) is 0. The van der Waals surface area contributed by atoms with Crippen molar-refractivity contribution in [3.63, 3.8) is 0 Å². The fraction of sp³-hybridized carbons (Fsp3) is 0.833. The van der Waals surface area contributed by atoms with Crippen molar-refractivity contribution >= 4 is 17.3 Å². The van der Waals surface area contributed by atoms with Gasteiger partial charge in [0.2, 0.25) is 0 Å². The Morgan fingerprint density at radius 3 is 2.45 bits per heavy atom. The highest BCUT2D eigenvalue weighted by molar-refractivity contribution is 7.81. The second-order valence-electron chi connectivity index (χ2n) is 2.75. The van der Waals surface area contributed by atoms with Gasteiger partial charge in [0.25, 0.3) is 6.21 Å². The van der Waals surface area contributed by atoms with E-state index in [1.165, 1.54) is 0 Å². The predicted molar refractivity (Wildman–Crippen MR) is 39.8 cm³/mol. The molecule has 5 heteroatoms. The molecule has 0 saturated heterocycles. The summed E-state index contributed by atoms with van der Waals surface area (Å²) in [5.41, 5.74) is 8.24. The number of nitrogens with zero attached hydrogens (tertiary/aromatic N) is 2. The summed E-state index contributed by atoms with van der Waals surface area (Å²) in [7, 11) is 0. The highest BCUT2D eigenvalue weighted by atomic mass is 32.2. The lowest BCUT2D eigenvalue weighted by molar-refractivity contribution is -0.00178. The molecule has 1 rings (SSSR count). The molecule has 1 fully saturated rings. The Bertz CT molecular complexity index is 213. The van der Waals surface area contributed by atoms with Crippen LogP contribution in [0.15, 0.2) is 0 Å². The quantitative estimate of drug-likeness (QED) is 0.263. The fourth-order valence-corrected chi connectivity index (χ4v) is 2.17. The lowest BCUT2D eigenvalue weighted by Crippen LogP contribution is -2.32. The van der Waals surface area contributed by atoms with E-state index in [2.05, 4.69) is 4.79 Å². The molecule has 4 nitrogen and oxygen atoms in total. The molecule has 62 valence electrons. The van der Waals surface area contributed by atoms with Crippen molar-refractivity contribution in [2.75, 3.05) is 0 Å². The van der Waals surface area contributed by atoms with Gasteiger partial charge in [0.1, 0.15) is 4.75 Å². The molecule has 0 spiro atoms. The zero-order chi connectivity index (χ0) is 8.32. The van der Waals surface area contributed by atoms with Gasteiger partial charge in [-0.3, -0.25) is 4.21 Å². The van der Waals surface area contributed by atoms with Crippen molar-refractivity contribution in [1.82, 2.24) is 0 Å². The Balaban J connectivity index is 2.87. The average molecular weight is 173 g/mol. The summed E-state index contributed by atoms with van der Waals surface area (Å²) >= 11 is -2.16. The highest BCUT2D eigenvalue weighted by Crippen LogP contribution is 2.32. The number of hydrogen-bond donors (Lipinski definition) is 0. The molecule has 0 heterocycles. The van der Waals surface area contributed by atoms with Gasteiger partial charge in [-0.2, -0.15) is 4.79 Å². The molecule has 0 aromatic heterocycles. The number of hydrogen-bond acceptors (Lipinski definition) is 2. The molecule has 0 aliphatic heterocycles. The van der Waals surface area contributed by atoms with Crippen LogP contribution < -0.4 is 0 Å². The molecule has 1 aliphatic carbocycles. The van der Waals surface area contributed by atoms with Crippen LogP contribution in [-0.2, 0) is 11.1 Å². The van der Waals surface area contributed by atoms with Crippen LogP contribution in [0.3, 0.4) is 0 Å². The van der Waals surface area contributed by atoms with Crippen LogP contribution in [0.25, 0.3) is 5.53 Å². The molecule has 0 amide bonds. The minimum Gasteiger partial charge on any atom is -0.771 e. The van der Waals surface area contributed by atoms with Crippen molar-refractivity contribution < 1.29 is 13.6 Å². The molecule has 0 N–H and O–H groups in total. The van der Waals surface area contributed by atoms with Gasteiger partial charge < -0.3 is 10.1 Å². The Hall–Kier alpha value is -0.510. The second-order valence-corrected chi connectivity index (χ2v) is 4.03. The smallest absolute Gasteiger partial charge is 0.274 e. The maximum atomic E-state index is 10.7. The maximum Gasteiger partial charge on any atom is 0.274 e. The van der Waals surface area contributed by atoms with E-state index in [9.17, 15) is 8.76 Å². The fourth-order valence-electron chi connectivity index (χ4n) is 1.42. The van der Waals surface area contributed by atoms with Crippen LogP contribution in [0.2, 0.25) is 0 Å². The molecule has 1 saturated carbocycles. The predicted octanol–water partition coefficient (Wildman–Crippen LogP) is 0.479. The van der Waals surface area contributed by atoms with E-state index in [4.69, 9.17) is 5.53 Å². The summed E-state index contributed by atoms with van der Waals surface area (Å²) in [6.45, 7) is 0. The van der Waals surface area contributed by atoms with Gasteiger partial charge >= 0.3 is 0 Å². The van der Waals surface area contributed by atoms with E-state index in [1.807, 2.05) is 0 Å². The minimum atomic E-state index is -2.16. The van der Waals surface area contributed by atoms with Crippen LogP contribution in [0.1, 0.15) is 25.7 Å². The molecule has 11 heavy (non-hydrogen) atoms. The Kier molecular flexibility index (Phi) is 2.54. The summed E-state index contributed by atoms with van der Waals surface area (Å²) in [6, 6.07) is 0. The van der Waals surface area contributed by atoms with E-state index < -0.39 is 15.8 Å². The Morgan fingerprint density at radius 2 is 2.09 bits per heavy atom. The highest BCUT2D eigenvalue weighted by Gasteiger charge is 2.37. The number of rotatable bonds is 2. The van der Waals surface area contributed by atoms with Crippen molar-refractivity contribution in [2.45, 2.75) is 30.4 Å². The van der Waals surface area contributed by atoms with Gasteiger partial charge in [0.05, 0.1) is 0 Å². The second kappa shape index (κ2) is 3.26. The van der Waals surface area contributed by atoms with Gasteiger partial charge in [-0.15, -0.1) is 0 Å². The molecule has 0 aromatic carbocycles. The molecule has 1 unspecified atom stereocenters. The lowest BCUT2D eigenvalue weighted by Gasteiger charge is -2.21. The molecular formula is C6H9N2O2S-. The average Bonchev–Trinajstić information content (AvgIpc) is 2.38. The molecule has 1 atom stereocenters. The normalized spacial score (nSPS) is 24.1. The molecule has 1 aliphatic rings. The third-order valence-corrected chi connectivity index (χ3v) is 3.25. The molecule has 0 radical (unpaired) electrons. The van der Waals surface area contributed by atoms with Gasteiger partial charge in [-0.05, 0) is 23.9 Å². The Labute approximate surface area is 67.5 Å². The topological polar surface area (TPSA) is 76.5 Å². The van der Waals surface area contributed by atoms with Crippen molar-refractivity contribution in [3.05, 3.63) is 5.53 Å². The van der Waals surface area contributed by atoms with Crippen LogP contribution in [0.4, 0.5) is 0 Å². The van der Waals surface area contributed by atoms with Gasteiger partial charge in [0, 0.05) is 0 Å². The van der Waals surface area contributed by atoms with E-state index in [0.717, 1.165) is 19.1 Å². The monoisotopic (exact) mass is 173 g/mol. The lowest BCUT2D eigenvalue weighted by atomic mass is 10.1. The maximum absolute atomic E-state index is 10.7. The zero-order valence-electron chi connectivity index (χ0n) is 6.02. The van der Waals surface area contributed by atoms with E-state index in [1.54, 1.807) is 0 Å². The first-order chi connectivity index (χ1) is 5.21.